The van der Waals surface area contributed by atoms with Crippen LogP contribution in [-0.2, 0) is 4.79 Å². The number of aryl methyl sites for hydroxylation is 1. The number of aliphatic carboxylic acids is 1. The van der Waals surface area contributed by atoms with E-state index < -0.39 is 46.7 Å². The molecule has 0 aliphatic carbocycles. The number of benzene rings is 2. The summed E-state index contributed by atoms with van der Waals surface area (Å²) in [6.07, 6.45) is 0. The van der Waals surface area contributed by atoms with E-state index in [0.717, 1.165) is 12.1 Å². The molecule has 1 fully saturated rings. The van der Waals surface area contributed by atoms with Gasteiger partial charge in [0.05, 0.1) is 30.0 Å². The number of β-amino-alcohol motifs (C(OH)–C–C–N with tert-alkyl or cyclic N) is 1. The maximum Gasteiger partial charge on any atom is 0.320 e. The molecular weight excluding hydrogens is 415 g/mol. The molecule has 0 radical (unpaired) electrons. The first-order valence-corrected chi connectivity index (χ1v) is 9.50. The van der Waals surface area contributed by atoms with Gasteiger partial charge >= 0.3 is 5.97 Å². The molecule has 0 bridgehead atoms. The molecule has 1 amide bonds. The summed E-state index contributed by atoms with van der Waals surface area (Å²) in [6, 6.07) is 5.12. The zero-order chi connectivity index (χ0) is 22.9. The summed E-state index contributed by atoms with van der Waals surface area (Å²) in [7, 11) is 0. The summed E-state index contributed by atoms with van der Waals surface area (Å²) in [5.41, 5.74) is -1.59. The van der Waals surface area contributed by atoms with Crippen molar-refractivity contribution < 1.29 is 33.0 Å². The molecule has 2 aromatic carbocycles. The van der Waals surface area contributed by atoms with E-state index in [4.69, 9.17) is 5.11 Å². The molecule has 10 heteroatoms. The predicted octanol–water partition coefficient (Wildman–Crippen LogP) is 2.41. The van der Waals surface area contributed by atoms with Gasteiger partial charge in [0.1, 0.15) is 17.5 Å². The number of nitrogens with one attached hydrogen (secondary N) is 2. The minimum atomic E-state index is -1.35. The van der Waals surface area contributed by atoms with Crippen LogP contribution in [-0.4, -0.2) is 58.3 Å². The Morgan fingerprint density at radius 3 is 2.45 bits per heavy atom. The summed E-state index contributed by atoms with van der Waals surface area (Å²) in [5.74, 6) is -5.02. The molecule has 7 nitrogen and oxygen atoms in total. The average molecular weight is 437 g/mol. The van der Waals surface area contributed by atoms with Crippen LogP contribution in [0.25, 0.3) is 0 Å². The van der Waals surface area contributed by atoms with Gasteiger partial charge in [0, 0.05) is 6.54 Å². The molecular formula is C21H22F3N3O4. The van der Waals surface area contributed by atoms with Gasteiger partial charge < -0.3 is 25.7 Å². The molecule has 0 spiro atoms. The number of aliphatic hydroxyl groups is 1. The van der Waals surface area contributed by atoms with Crippen LogP contribution >= 0.6 is 0 Å². The van der Waals surface area contributed by atoms with Gasteiger partial charge in [-0.25, -0.2) is 13.2 Å². The molecule has 4 N–H and O–H groups in total. The van der Waals surface area contributed by atoms with E-state index in [-0.39, 0.29) is 30.9 Å². The lowest BCUT2D eigenvalue weighted by atomic mass is 9.92. The number of halogens is 3. The molecule has 0 saturated carbocycles. The third-order valence-electron chi connectivity index (χ3n) is 5.07. The van der Waals surface area contributed by atoms with Crippen molar-refractivity contribution in [2.75, 3.05) is 25.0 Å². The van der Waals surface area contributed by atoms with Crippen molar-refractivity contribution in [3.8, 4) is 0 Å². The van der Waals surface area contributed by atoms with Gasteiger partial charge in [-0.05, 0) is 43.7 Å². The van der Waals surface area contributed by atoms with Crippen molar-refractivity contribution in [3.63, 3.8) is 0 Å². The minimum Gasteiger partial charge on any atom is -0.480 e. The molecule has 1 saturated heterocycles. The molecule has 166 valence electrons. The third-order valence-corrected chi connectivity index (χ3v) is 5.07. The van der Waals surface area contributed by atoms with Crippen molar-refractivity contribution in [3.05, 3.63) is 58.9 Å². The number of amides is 1. The van der Waals surface area contributed by atoms with Crippen LogP contribution in [0.3, 0.4) is 0 Å². The van der Waals surface area contributed by atoms with E-state index in [1.54, 1.807) is 13.0 Å². The second kappa shape index (κ2) is 8.56. The molecule has 1 atom stereocenters. The Hall–Kier alpha value is -3.11. The van der Waals surface area contributed by atoms with Crippen LogP contribution < -0.4 is 10.6 Å². The zero-order valence-corrected chi connectivity index (χ0v) is 16.9. The zero-order valence-electron chi connectivity index (χ0n) is 16.9. The monoisotopic (exact) mass is 437 g/mol. The fourth-order valence-electron chi connectivity index (χ4n) is 3.23. The van der Waals surface area contributed by atoms with Gasteiger partial charge in [-0.1, -0.05) is 6.07 Å². The molecule has 31 heavy (non-hydrogen) atoms. The van der Waals surface area contributed by atoms with Gasteiger partial charge in [-0.2, -0.15) is 0 Å². The van der Waals surface area contributed by atoms with E-state index in [0.29, 0.717) is 5.56 Å². The van der Waals surface area contributed by atoms with Gasteiger partial charge in [0.25, 0.3) is 5.91 Å². The maximum atomic E-state index is 14.5. The normalized spacial score (nSPS) is 15.9. The highest BCUT2D eigenvalue weighted by Gasteiger charge is 2.44. The van der Waals surface area contributed by atoms with E-state index in [1.807, 2.05) is 0 Å². The quantitative estimate of drug-likeness (QED) is 0.531. The lowest BCUT2D eigenvalue weighted by Crippen LogP contribution is -2.68. The highest BCUT2D eigenvalue weighted by atomic mass is 19.2. The Bertz CT molecular complexity index is 1030. The molecule has 0 aromatic heterocycles. The van der Waals surface area contributed by atoms with E-state index >= 15 is 0 Å². The topological polar surface area (TPSA) is 102 Å². The molecule has 3 rings (SSSR count). The Kier molecular flexibility index (Phi) is 6.23. The Morgan fingerprint density at radius 2 is 1.84 bits per heavy atom. The Balaban J connectivity index is 1.78. The highest BCUT2D eigenvalue weighted by molar-refractivity contribution is 6.01. The van der Waals surface area contributed by atoms with Crippen LogP contribution in [0.4, 0.5) is 24.5 Å². The summed E-state index contributed by atoms with van der Waals surface area (Å²) in [5, 5.41) is 24.4. The molecule has 0 unspecified atom stereocenters. The van der Waals surface area contributed by atoms with Crippen molar-refractivity contribution >= 4 is 23.3 Å². The van der Waals surface area contributed by atoms with Crippen LogP contribution in [0, 0.1) is 24.4 Å². The number of likely N-dealkylation sites (tertiary alicyclic amines) is 1. The first-order chi connectivity index (χ1) is 14.5. The standard InChI is InChI=1S/C21H22F3N3O4/c1-11-3-6-16(15(23)7-11)26-18-13(4-5-14(22)17(18)24)19(28)27-9-21(31,10-27)8-25-12(2)20(29)30/h3-7,12,25-26,31H,8-10H2,1-2H3,(H,29,30)/t12-/m0/s1. The second-order valence-corrected chi connectivity index (χ2v) is 7.72. The van der Waals surface area contributed by atoms with Crippen molar-refractivity contribution in [1.82, 2.24) is 10.2 Å². The number of hydrogen-bond donors (Lipinski definition) is 4. The summed E-state index contributed by atoms with van der Waals surface area (Å²) < 4.78 is 42.5. The van der Waals surface area contributed by atoms with Crippen LogP contribution in [0.5, 0.6) is 0 Å². The summed E-state index contributed by atoms with van der Waals surface area (Å²) >= 11 is 0. The molecule has 2 aromatic rings. The van der Waals surface area contributed by atoms with Gasteiger partial charge in [0.2, 0.25) is 0 Å². The first kappa shape index (κ1) is 22.6. The number of anilines is 2. The second-order valence-electron chi connectivity index (χ2n) is 7.72. The first-order valence-electron chi connectivity index (χ1n) is 9.50. The third kappa shape index (κ3) is 4.80. The van der Waals surface area contributed by atoms with Gasteiger partial charge in [-0.3, -0.25) is 9.59 Å². The number of rotatable bonds is 7. The number of carboxylic acid groups (broad SMARTS) is 1. The van der Waals surface area contributed by atoms with Gasteiger partial charge in [0.15, 0.2) is 11.6 Å². The summed E-state index contributed by atoms with van der Waals surface area (Å²) in [4.78, 5) is 24.9. The average Bonchev–Trinajstić information content (AvgIpc) is 2.68. The molecule has 1 aliphatic heterocycles. The van der Waals surface area contributed by atoms with Crippen molar-refractivity contribution in [2.24, 2.45) is 0 Å². The van der Waals surface area contributed by atoms with Crippen molar-refractivity contribution in [2.45, 2.75) is 25.5 Å². The van der Waals surface area contributed by atoms with E-state index in [1.165, 1.54) is 24.0 Å². The number of carbonyl (C=O) groups excluding carboxylic acids is 1. The summed E-state index contributed by atoms with van der Waals surface area (Å²) in [6.45, 7) is 2.74. The highest BCUT2D eigenvalue weighted by Crippen LogP contribution is 2.31. The predicted molar refractivity (Wildman–Crippen MR) is 107 cm³/mol. The van der Waals surface area contributed by atoms with E-state index in [2.05, 4.69) is 10.6 Å². The minimum absolute atomic E-state index is 0.0677. The molecule has 1 aliphatic rings. The fourth-order valence-corrected chi connectivity index (χ4v) is 3.23. The number of carboxylic acids is 1. The maximum absolute atomic E-state index is 14.5. The van der Waals surface area contributed by atoms with Crippen molar-refractivity contribution in [1.29, 1.82) is 0 Å². The number of nitrogens with zero attached hydrogens (tertiary/aromatic N) is 1. The van der Waals surface area contributed by atoms with Crippen LogP contribution in [0.2, 0.25) is 0 Å². The number of hydrogen-bond acceptors (Lipinski definition) is 5. The lowest BCUT2D eigenvalue weighted by Gasteiger charge is -2.47. The van der Waals surface area contributed by atoms with E-state index in [9.17, 15) is 27.9 Å². The largest absolute Gasteiger partial charge is 0.480 e. The Morgan fingerprint density at radius 1 is 1.16 bits per heavy atom. The fraction of sp³-hybridized carbons (Fsp3) is 0.333. The van der Waals surface area contributed by atoms with Crippen LogP contribution in [0.1, 0.15) is 22.8 Å². The molecule has 1 heterocycles. The van der Waals surface area contributed by atoms with Crippen LogP contribution in [0.15, 0.2) is 30.3 Å². The lowest BCUT2D eigenvalue weighted by molar-refractivity contribution is -0.139. The Labute approximate surface area is 176 Å². The SMILES string of the molecule is Cc1ccc(Nc2c(C(=O)N3CC(O)(CN[C@@H](C)C(=O)O)C3)ccc(F)c2F)c(F)c1. The number of carbonyl (C=O) groups is 2. The van der Waals surface area contributed by atoms with Gasteiger partial charge in [-0.15, -0.1) is 0 Å². The smallest absolute Gasteiger partial charge is 0.320 e.